The van der Waals surface area contributed by atoms with Crippen LogP contribution in [-0.4, -0.2) is 17.2 Å². The maximum Gasteiger partial charge on any atom is 0.349 e. The van der Waals surface area contributed by atoms with Gasteiger partial charge < -0.3 is 9.84 Å². The first-order valence-electron chi connectivity index (χ1n) is 5.81. The Bertz CT molecular complexity index is 534. The number of rotatable bonds is 4. The van der Waals surface area contributed by atoms with Crippen LogP contribution in [-0.2, 0) is 9.53 Å². The van der Waals surface area contributed by atoms with Gasteiger partial charge in [-0.2, -0.15) is 5.26 Å². The summed E-state index contributed by atoms with van der Waals surface area (Å²) in [5, 5.41) is 18.0. The molecule has 0 fully saturated rings. The predicted octanol–water partition coefficient (Wildman–Crippen LogP) is 2.81. The minimum absolute atomic E-state index is 0.0521. The number of esters is 1. The number of aromatic hydroxyl groups is 1. The average Bonchev–Trinajstić information content (AvgIpc) is 2.36. The summed E-state index contributed by atoms with van der Waals surface area (Å²) in [6, 6.07) is 8.35. The number of hydrogen-bond donors (Lipinski definition) is 1. The second-order valence-corrected chi connectivity index (χ2v) is 4.10. The van der Waals surface area contributed by atoms with Crippen molar-refractivity contribution in [1.82, 2.24) is 0 Å². The Morgan fingerprint density at radius 3 is 2.53 bits per heavy atom. The second kappa shape index (κ2) is 7.02. The number of carbonyl (C=O) groups is 1. The summed E-state index contributed by atoms with van der Waals surface area (Å²) < 4.78 is 4.93. The fourth-order valence-corrected chi connectivity index (χ4v) is 1.27. The summed E-state index contributed by atoms with van der Waals surface area (Å²) in [5.41, 5.74) is 0.798. The topological polar surface area (TPSA) is 70.3 Å². The van der Waals surface area contributed by atoms with Gasteiger partial charge in [0.25, 0.3) is 0 Å². The van der Waals surface area contributed by atoms with E-state index in [1.165, 1.54) is 6.08 Å². The molecule has 0 aromatic heterocycles. The van der Waals surface area contributed by atoms with E-state index in [2.05, 4.69) is 0 Å². The van der Waals surface area contributed by atoms with Crippen LogP contribution in [0.1, 0.15) is 19.4 Å². The van der Waals surface area contributed by atoms with E-state index in [0.29, 0.717) is 0 Å². The average molecular weight is 257 g/mol. The molecule has 98 valence electrons. The second-order valence-electron chi connectivity index (χ2n) is 4.10. The molecule has 0 aliphatic carbocycles. The molecule has 1 aromatic carbocycles. The molecular formula is C15H15NO3. The number of ether oxygens (including phenoxy) is 1. The molecule has 19 heavy (non-hydrogen) atoms. The fourth-order valence-electron chi connectivity index (χ4n) is 1.27. The van der Waals surface area contributed by atoms with Crippen LogP contribution in [0.4, 0.5) is 0 Å². The van der Waals surface area contributed by atoms with Crippen LogP contribution in [0.25, 0.3) is 6.08 Å². The van der Waals surface area contributed by atoms with E-state index in [9.17, 15) is 4.79 Å². The van der Waals surface area contributed by atoms with Crippen LogP contribution in [0, 0.1) is 11.3 Å². The molecule has 4 heteroatoms. The molecule has 0 saturated heterocycles. The lowest BCUT2D eigenvalue weighted by Gasteiger charge is -2.05. The minimum Gasteiger partial charge on any atom is -0.508 e. The summed E-state index contributed by atoms with van der Waals surface area (Å²) in [5.74, 6) is -0.446. The maximum absolute atomic E-state index is 11.5. The predicted molar refractivity (Wildman–Crippen MR) is 72.1 cm³/mol. The van der Waals surface area contributed by atoms with E-state index in [0.717, 1.165) is 5.56 Å². The van der Waals surface area contributed by atoms with E-state index < -0.39 is 5.97 Å². The van der Waals surface area contributed by atoms with Crippen molar-refractivity contribution in [3.63, 3.8) is 0 Å². The van der Waals surface area contributed by atoms with Crippen molar-refractivity contribution >= 4 is 12.0 Å². The molecule has 0 radical (unpaired) electrons. The molecule has 0 amide bonds. The van der Waals surface area contributed by atoms with Crippen molar-refractivity contribution in [1.29, 1.82) is 5.26 Å². The van der Waals surface area contributed by atoms with E-state index >= 15 is 0 Å². The van der Waals surface area contributed by atoms with Gasteiger partial charge in [-0.15, -0.1) is 0 Å². The first-order valence-corrected chi connectivity index (χ1v) is 5.81. The first kappa shape index (κ1) is 14.5. The van der Waals surface area contributed by atoms with Gasteiger partial charge in [0.2, 0.25) is 0 Å². The van der Waals surface area contributed by atoms with Crippen molar-refractivity contribution in [3.8, 4) is 11.8 Å². The third-order valence-electron chi connectivity index (χ3n) is 2.13. The van der Waals surface area contributed by atoms with Gasteiger partial charge in [-0.05, 0) is 37.6 Å². The highest BCUT2D eigenvalue weighted by Crippen LogP contribution is 2.11. The van der Waals surface area contributed by atoms with Gasteiger partial charge in [0.05, 0.1) is 6.10 Å². The Morgan fingerprint density at radius 2 is 2.00 bits per heavy atom. The van der Waals surface area contributed by atoms with Gasteiger partial charge in [0.1, 0.15) is 17.4 Å². The number of phenolic OH excluding ortho intramolecular Hbond substituents is 1. The fraction of sp³-hybridized carbons (Fsp3) is 0.200. The summed E-state index contributed by atoms with van der Waals surface area (Å²) in [6.07, 6.45) is 4.45. The van der Waals surface area contributed by atoms with Crippen molar-refractivity contribution < 1.29 is 14.6 Å². The van der Waals surface area contributed by atoms with E-state index in [1.54, 1.807) is 56.3 Å². The highest BCUT2D eigenvalue weighted by atomic mass is 16.5. The number of carbonyl (C=O) groups excluding carboxylic acids is 1. The van der Waals surface area contributed by atoms with Crippen LogP contribution in [0.3, 0.4) is 0 Å². The number of benzene rings is 1. The summed E-state index contributed by atoms with van der Waals surface area (Å²) in [4.78, 5) is 11.5. The van der Waals surface area contributed by atoms with Crippen LogP contribution in [0.15, 0.2) is 42.0 Å². The van der Waals surface area contributed by atoms with Crippen molar-refractivity contribution in [2.24, 2.45) is 0 Å². The molecule has 0 aliphatic rings. The van der Waals surface area contributed by atoms with Gasteiger partial charge in [-0.1, -0.05) is 24.3 Å². The Balaban J connectivity index is 2.75. The molecule has 0 aliphatic heterocycles. The zero-order chi connectivity index (χ0) is 14.3. The lowest BCUT2D eigenvalue weighted by atomic mass is 10.2. The van der Waals surface area contributed by atoms with E-state index in [1.807, 2.05) is 0 Å². The Hall–Kier alpha value is -2.54. The summed E-state index contributed by atoms with van der Waals surface area (Å²) in [7, 11) is 0. The van der Waals surface area contributed by atoms with Crippen molar-refractivity contribution in [3.05, 3.63) is 47.6 Å². The van der Waals surface area contributed by atoms with Gasteiger partial charge in [-0.3, -0.25) is 0 Å². The smallest absolute Gasteiger partial charge is 0.349 e. The number of phenols is 1. The van der Waals surface area contributed by atoms with E-state index in [-0.39, 0.29) is 17.4 Å². The molecule has 0 unspecified atom stereocenters. The van der Waals surface area contributed by atoms with Gasteiger partial charge in [0, 0.05) is 0 Å². The summed E-state index contributed by atoms with van der Waals surface area (Å²) in [6.45, 7) is 3.44. The Morgan fingerprint density at radius 1 is 1.37 bits per heavy atom. The normalized spacial score (nSPS) is 11.6. The molecule has 1 aromatic rings. The third-order valence-corrected chi connectivity index (χ3v) is 2.13. The van der Waals surface area contributed by atoms with Crippen LogP contribution in [0.2, 0.25) is 0 Å². The van der Waals surface area contributed by atoms with Gasteiger partial charge >= 0.3 is 5.97 Å². The number of allylic oxidation sites excluding steroid dienone is 2. The lowest BCUT2D eigenvalue weighted by molar-refractivity contribution is -0.142. The van der Waals surface area contributed by atoms with Crippen LogP contribution < -0.4 is 0 Å². The number of hydrogen-bond acceptors (Lipinski definition) is 4. The zero-order valence-corrected chi connectivity index (χ0v) is 10.8. The Labute approximate surface area is 112 Å². The Kier molecular flexibility index (Phi) is 5.36. The van der Waals surface area contributed by atoms with E-state index in [4.69, 9.17) is 15.1 Å². The highest BCUT2D eigenvalue weighted by molar-refractivity contribution is 5.93. The molecule has 4 nitrogen and oxygen atoms in total. The molecule has 0 atom stereocenters. The first-order chi connectivity index (χ1) is 9.02. The molecular weight excluding hydrogens is 242 g/mol. The SMILES string of the molecule is CC(C)OC(=O)C(C#N)=CC=Cc1ccc(O)cc1. The summed E-state index contributed by atoms with van der Waals surface area (Å²) >= 11 is 0. The molecule has 1 N–H and O–H groups in total. The van der Waals surface area contributed by atoms with Crippen molar-refractivity contribution in [2.75, 3.05) is 0 Å². The molecule has 1 rings (SSSR count). The number of nitrogens with zero attached hydrogens (tertiary/aromatic N) is 1. The van der Waals surface area contributed by atoms with Crippen LogP contribution >= 0.6 is 0 Å². The molecule has 0 bridgehead atoms. The lowest BCUT2D eigenvalue weighted by Crippen LogP contribution is -2.12. The third kappa shape index (κ3) is 5.09. The van der Waals surface area contributed by atoms with Gasteiger partial charge in [-0.25, -0.2) is 4.79 Å². The standard InChI is InChI=1S/C15H15NO3/c1-11(2)19-15(18)13(10-16)5-3-4-12-6-8-14(17)9-7-12/h3-9,11,17H,1-2H3. The minimum atomic E-state index is -0.632. The largest absolute Gasteiger partial charge is 0.508 e. The maximum atomic E-state index is 11.5. The monoisotopic (exact) mass is 257 g/mol. The number of nitriles is 1. The quantitative estimate of drug-likeness (QED) is 0.389. The molecule has 0 saturated carbocycles. The van der Waals surface area contributed by atoms with Crippen LogP contribution in [0.5, 0.6) is 5.75 Å². The zero-order valence-electron chi connectivity index (χ0n) is 10.8. The molecule has 0 heterocycles. The van der Waals surface area contributed by atoms with Gasteiger partial charge in [0.15, 0.2) is 0 Å². The highest BCUT2D eigenvalue weighted by Gasteiger charge is 2.10. The molecule has 0 spiro atoms. The van der Waals surface area contributed by atoms with Crippen molar-refractivity contribution in [2.45, 2.75) is 20.0 Å².